The Hall–Kier alpha value is -1.84. The molecule has 4 nitrogen and oxygen atoms in total. The van der Waals surface area contributed by atoms with Crippen LogP contribution < -0.4 is 9.80 Å². The number of para-hydroxylation sites is 2. The first kappa shape index (κ1) is 12.9. The zero-order valence-corrected chi connectivity index (χ0v) is 12.1. The molecule has 0 aromatic heterocycles. The minimum atomic E-state index is -0.0438. The second kappa shape index (κ2) is 4.86. The normalized spacial score (nSPS) is 22.3. The van der Waals surface area contributed by atoms with Crippen LogP contribution in [-0.2, 0) is 9.59 Å². The molecule has 2 aliphatic carbocycles. The maximum Gasteiger partial charge on any atom is 0.236 e. The van der Waals surface area contributed by atoms with Gasteiger partial charge < -0.3 is 9.80 Å². The standard InChI is InChI=1S/C17H20N2O2/c20-16-9-17(21)19(11-13-7-8-13)15-4-2-1-3-14(15)18(16)10-12-5-6-12/h1-4,12-13H,5-11H2. The zero-order chi connectivity index (χ0) is 14.4. The highest BCUT2D eigenvalue weighted by Crippen LogP contribution is 2.39. The molecule has 2 saturated carbocycles. The van der Waals surface area contributed by atoms with Gasteiger partial charge in [0, 0.05) is 13.1 Å². The van der Waals surface area contributed by atoms with E-state index in [9.17, 15) is 9.59 Å². The Kier molecular flexibility index (Phi) is 2.98. The predicted octanol–water partition coefficient (Wildman–Crippen LogP) is 2.58. The van der Waals surface area contributed by atoms with Gasteiger partial charge in [-0.3, -0.25) is 9.59 Å². The molecule has 0 radical (unpaired) electrons. The summed E-state index contributed by atoms with van der Waals surface area (Å²) in [6.07, 6.45) is 4.81. The van der Waals surface area contributed by atoms with E-state index in [1.54, 1.807) is 0 Å². The van der Waals surface area contributed by atoms with Gasteiger partial charge in [-0.25, -0.2) is 0 Å². The lowest BCUT2D eigenvalue weighted by molar-refractivity contribution is -0.126. The van der Waals surface area contributed by atoms with Crippen LogP contribution >= 0.6 is 0 Å². The van der Waals surface area contributed by atoms with E-state index < -0.39 is 0 Å². The van der Waals surface area contributed by atoms with Crippen LogP contribution in [0.1, 0.15) is 32.1 Å². The molecule has 0 N–H and O–H groups in total. The number of hydrogen-bond donors (Lipinski definition) is 0. The molecule has 1 aromatic carbocycles. The number of nitrogens with zero attached hydrogens (tertiary/aromatic N) is 2. The molecule has 2 amide bonds. The van der Waals surface area contributed by atoms with E-state index in [-0.39, 0.29) is 18.2 Å². The minimum absolute atomic E-state index is 0.00806. The fourth-order valence-electron chi connectivity index (χ4n) is 3.03. The molecule has 0 saturated heterocycles. The third-order valence-corrected chi connectivity index (χ3v) is 4.64. The van der Waals surface area contributed by atoms with Crippen LogP contribution in [0, 0.1) is 11.8 Å². The van der Waals surface area contributed by atoms with Crippen molar-refractivity contribution in [3.63, 3.8) is 0 Å². The van der Waals surface area contributed by atoms with Gasteiger partial charge in [0.15, 0.2) is 0 Å². The molecule has 1 heterocycles. The number of amides is 2. The van der Waals surface area contributed by atoms with E-state index in [1.165, 1.54) is 25.7 Å². The van der Waals surface area contributed by atoms with Crippen molar-refractivity contribution in [2.45, 2.75) is 32.1 Å². The van der Waals surface area contributed by atoms with Gasteiger partial charge in [0.2, 0.25) is 11.8 Å². The van der Waals surface area contributed by atoms with E-state index in [2.05, 4.69) is 0 Å². The van der Waals surface area contributed by atoms with Crippen LogP contribution in [0.3, 0.4) is 0 Å². The second-order valence-electron chi connectivity index (χ2n) is 6.56. The summed E-state index contributed by atoms with van der Waals surface area (Å²) in [5.74, 6) is 1.15. The van der Waals surface area contributed by atoms with Crippen molar-refractivity contribution in [2.75, 3.05) is 22.9 Å². The largest absolute Gasteiger partial charge is 0.310 e. The van der Waals surface area contributed by atoms with Gasteiger partial charge >= 0.3 is 0 Å². The van der Waals surface area contributed by atoms with E-state index >= 15 is 0 Å². The third-order valence-electron chi connectivity index (χ3n) is 4.64. The van der Waals surface area contributed by atoms with Crippen LogP contribution in [-0.4, -0.2) is 24.9 Å². The van der Waals surface area contributed by atoms with Crippen molar-refractivity contribution >= 4 is 23.2 Å². The molecule has 0 unspecified atom stereocenters. The summed E-state index contributed by atoms with van der Waals surface area (Å²) in [5.41, 5.74) is 1.84. The maximum absolute atomic E-state index is 12.5. The fraction of sp³-hybridized carbons (Fsp3) is 0.529. The van der Waals surface area contributed by atoms with Gasteiger partial charge in [-0.1, -0.05) is 12.1 Å². The Morgan fingerprint density at radius 1 is 0.810 bits per heavy atom. The zero-order valence-electron chi connectivity index (χ0n) is 12.1. The van der Waals surface area contributed by atoms with Gasteiger partial charge in [0.05, 0.1) is 11.4 Å². The molecule has 0 spiro atoms. The molecule has 2 fully saturated rings. The first-order valence-corrected chi connectivity index (χ1v) is 7.92. The first-order chi connectivity index (χ1) is 10.2. The average molecular weight is 284 g/mol. The number of benzene rings is 1. The van der Waals surface area contributed by atoms with Gasteiger partial charge in [0.1, 0.15) is 6.42 Å². The van der Waals surface area contributed by atoms with E-state index in [4.69, 9.17) is 0 Å². The van der Waals surface area contributed by atoms with Crippen LogP contribution in [0.5, 0.6) is 0 Å². The lowest BCUT2D eigenvalue weighted by Gasteiger charge is -2.25. The second-order valence-corrected chi connectivity index (χ2v) is 6.56. The monoisotopic (exact) mass is 284 g/mol. The lowest BCUT2D eigenvalue weighted by atomic mass is 10.2. The summed E-state index contributed by atoms with van der Waals surface area (Å²) in [5, 5.41) is 0. The van der Waals surface area contributed by atoms with Crippen LogP contribution in [0.15, 0.2) is 24.3 Å². The molecule has 4 heteroatoms. The quantitative estimate of drug-likeness (QED) is 0.797. The summed E-state index contributed by atoms with van der Waals surface area (Å²) in [6.45, 7) is 1.53. The number of hydrogen-bond acceptors (Lipinski definition) is 2. The molecule has 0 bridgehead atoms. The summed E-state index contributed by atoms with van der Waals surface area (Å²) in [4.78, 5) is 28.6. The highest BCUT2D eigenvalue weighted by atomic mass is 16.2. The molecule has 1 aromatic rings. The van der Waals surface area contributed by atoms with E-state index in [0.717, 1.165) is 24.5 Å². The molecular weight excluding hydrogens is 264 g/mol. The highest BCUT2D eigenvalue weighted by molar-refractivity contribution is 6.15. The van der Waals surface area contributed by atoms with Crippen LogP contribution in [0.2, 0.25) is 0 Å². The Morgan fingerprint density at radius 2 is 1.24 bits per heavy atom. The van der Waals surface area contributed by atoms with Crippen molar-refractivity contribution in [1.82, 2.24) is 0 Å². The molecule has 0 atom stereocenters. The van der Waals surface area contributed by atoms with E-state index in [1.807, 2.05) is 34.1 Å². The van der Waals surface area contributed by atoms with Gasteiger partial charge in [-0.2, -0.15) is 0 Å². The Morgan fingerprint density at radius 3 is 1.62 bits per heavy atom. The first-order valence-electron chi connectivity index (χ1n) is 7.92. The minimum Gasteiger partial charge on any atom is -0.310 e. The predicted molar refractivity (Wildman–Crippen MR) is 81.2 cm³/mol. The molecule has 4 rings (SSSR count). The summed E-state index contributed by atoms with van der Waals surface area (Å²) >= 11 is 0. The fourth-order valence-corrected chi connectivity index (χ4v) is 3.03. The number of carbonyl (C=O) groups is 2. The molecule has 3 aliphatic rings. The number of fused-ring (bicyclic) bond motifs is 1. The van der Waals surface area contributed by atoms with Crippen LogP contribution in [0.4, 0.5) is 11.4 Å². The third kappa shape index (κ3) is 2.55. The SMILES string of the molecule is O=C1CC(=O)N(CC2CC2)c2ccccc2N1CC1CC1. The Labute approximate surface area is 124 Å². The average Bonchev–Trinajstić information content (AvgIpc) is 3.36. The number of anilines is 2. The molecular formula is C17H20N2O2. The summed E-state index contributed by atoms with van der Waals surface area (Å²) < 4.78 is 0. The van der Waals surface area contributed by atoms with Gasteiger partial charge in [-0.05, 0) is 49.7 Å². The van der Waals surface area contributed by atoms with Crippen molar-refractivity contribution in [1.29, 1.82) is 0 Å². The Bertz CT molecular complexity index is 539. The highest BCUT2D eigenvalue weighted by Gasteiger charge is 2.36. The van der Waals surface area contributed by atoms with Crippen molar-refractivity contribution in [3.8, 4) is 0 Å². The number of carbonyl (C=O) groups excluding carboxylic acids is 2. The summed E-state index contributed by atoms with van der Waals surface area (Å²) in [7, 11) is 0. The van der Waals surface area contributed by atoms with Crippen molar-refractivity contribution in [3.05, 3.63) is 24.3 Å². The number of rotatable bonds is 4. The van der Waals surface area contributed by atoms with Crippen molar-refractivity contribution in [2.24, 2.45) is 11.8 Å². The van der Waals surface area contributed by atoms with Gasteiger partial charge in [-0.15, -0.1) is 0 Å². The van der Waals surface area contributed by atoms with E-state index in [0.29, 0.717) is 11.8 Å². The van der Waals surface area contributed by atoms with Gasteiger partial charge in [0.25, 0.3) is 0 Å². The Balaban J connectivity index is 1.72. The lowest BCUT2D eigenvalue weighted by Crippen LogP contribution is -2.34. The van der Waals surface area contributed by atoms with Crippen LogP contribution in [0.25, 0.3) is 0 Å². The molecule has 110 valence electrons. The maximum atomic E-state index is 12.5. The summed E-state index contributed by atoms with van der Waals surface area (Å²) in [6, 6.07) is 7.87. The molecule has 1 aliphatic heterocycles. The smallest absolute Gasteiger partial charge is 0.236 e. The molecule has 21 heavy (non-hydrogen) atoms. The topological polar surface area (TPSA) is 40.6 Å². The van der Waals surface area contributed by atoms with Crippen molar-refractivity contribution < 1.29 is 9.59 Å².